The number of sulfonamides is 1. The van der Waals surface area contributed by atoms with Crippen LogP contribution in [0.4, 0.5) is 0 Å². The molecule has 1 aromatic heterocycles. The molecule has 2 N–H and O–H groups in total. The molecule has 0 radical (unpaired) electrons. The van der Waals surface area contributed by atoms with Crippen LogP contribution in [0.1, 0.15) is 38.8 Å². The summed E-state index contributed by atoms with van der Waals surface area (Å²) in [5, 5.41) is 0. The number of hydrogen-bond acceptors (Lipinski definition) is 3. The van der Waals surface area contributed by atoms with E-state index in [0.29, 0.717) is 23.9 Å². The smallest absolute Gasteiger partial charge is 0.244 e. The Morgan fingerprint density at radius 3 is 2.55 bits per heavy atom. The normalized spacial score (nSPS) is 16.3. The van der Waals surface area contributed by atoms with Gasteiger partial charge in [-0.2, -0.15) is 4.31 Å². The van der Waals surface area contributed by atoms with Crippen molar-refractivity contribution in [2.24, 2.45) is 18.7 Å². The van der Waals surface area contributed by atoms with Gasteiger partial charge in [0.1, 0.15) is 4.90 Å². The molecule has 0 aliphatic heterocycles. The summed E-state index contributed by atoms with van der Waals surface area (Å²) >= 11 is 0. The average Bonchev–Trinajstić information content (AvgIpc) is 3.11. The molecule has 5 nitrogen and oxygen atoms in total. The second-order valence-electron chi connectivity index (χ2n) is 6.01. The quantitative estimate of drug-likeness (QED) is 0.833. The topological polar surface area (TPSA) is 68.3 Å². The fourth-order valence-corrected chi connectivity index (χ4v) is 4.10. The van der Waals surface area contributed by atoms with Crippen molar-refractivity contribution in [1.82, 2.24) is 8.87 Å². The van der Waals surface area contributed by atoms with Crippen LogP contribution in [0, 0.1) is 5.92 Å². The molecule has 1 saturated carbocycles. The zero-order valence-electron chi connectivity index (χ0n) is 12.5. The molecule has 1 heterocycles. The zero-order valence-corrected chi connectivity index (χ0v) is 13.4. The lowest BCUT2D eigenvalue weighted by Gasteiger charge is -2.22. The third-order valence-electron chi connectivity index (χ3n) is 3.78. The van der Waals surface area contributed by atoms with E-state index in [1.807, 2.05) is 7.05 Å². The van der Waals surface area contributed by atoms with Crippen molar-refractivity contribution < 1.29 is 8.42 Å². The van der Waals surface area contributed by atoms with Gasteiger partial charge in [-0.25, -0.2) is 8.42 Å². The summed E-state index contributed by atoms with van der Waals surface area (Å²) < 4.78 is 29.0. The molecule has 1 aromatic rings. The monoisotopic (exact) mass is 299 g/mol. The van der Waals surface area contributed by atoms with Gasteiger partial charge in [0.05, 0.1) is 0 Å². The number of hydrogen-bond donors (Lipinski definition) is 1. The van der Waals surface area contributed by atoms with E-state index < -0.39 is 10.0 Å². The number of rotatable bonds is 7. The number of aromatic nitrogens is 1. The summed E-state index contributed by atoms with van der Waals surface area (Å²) in [5.74, 6) is 0.502. The van der Waals surface area contributed by atoms with Gasteiger partial charge in [-0.1, -0.05) is 13.8 Å². The Morgan fingerprint density at radius 2 is 2.10 bits per heavy atom. The largest absolute Gasteiger partial charge is 0.352 e. The maximum Gasteiger partial charge on any atom is 0.244 e. The summed E-state index contributed by atoms with van der Waals surface area (Å²) in [6.07, 6.45) is 4.52. The fourth-order valence-electron chi connectivity index (χ4n) is 2.30. The summed E-state index contributed by atoms with van der Waals surface area (Å²) in [7, 11) is -1.56. The van der Waals surface area contributed by atoms with E-state index in [0.717, 1.165) is 25.0 Å². The Kier molecular flexibility index (Phi) is 4.56. The van der Waals surface area contributed by atoms with Gasteiger partial charge in [-0.05, 0) is 31.2 Å². The molecule has 1 fully saturated rings. The van der Waals surface area contributed by atoms with Crippen molar-refractivity contribution in [3.8, 4) is 0 Å². The van der Waals surface area contributed by atoms with Crippen LogP contribution >= 0.6 is 0 Å². The number of aryl methyl sites for hydroxylation is 1. The van der Waals surface area contributed by atoms with Crippen LogP contribution in [-0.4, -0.2) is 29.9 Å². The molecular weight excluding hydrogens is 274 g/mol. The Hall–Kier alpha value is -0.850. The van der Waals surface area contributed by atoms with Crippen molar-refractivity contribution >= 4 is 10.0 Å². The van der Waals surface area contributed by atoms with Gasteiger partial charge in [0.2, 0.25) is 10.0 Å². The van der Waals surface area contributed by atoms with Crippen LogP contribution in [0.25, 0.3) is 0 Å². The van der Waals surface area contributed by atoms with Crippen molar-refractivity contribution in [3.63, 3.8) is 0 Å². The van der Waals surface area contributed by atoms with E-state index in [4.69, 9.17) is 5.73 Å². The summed E-state index contributed by atoms with van der Waals surface area (Å²) in [4.78, 5) is 0.371. The minimum Gasteiger partial charge on any atom is -0.352 e. The number of nitrogens with two attached hydrogens (primary N) is 1. The van der Waals surface area contributed by atoms with E-state index in [1.54, 1.807) is 21.1 Å². The molecule has 0 atom stereocenters. The second kappa shape index (κ2) is 5.87. The van der Waals surface area contributed by atoms with Gasteiger partial charge >= 0.3 is 0 Å². The minimum absolute atomic E-state index is 0.195. The molecule has 6 heteroatoms. The first-order valence-corrected chi connectivity index (χ1v) is 8.67. The predicted octanol–water partition coefficient (Wildman–Crippen LogP) is 1.68. The van der Waals surface area contributed by atoms with E-state index in [2.05, 4.69) is 13.8 Å². The van der Waals surface area contributed by atoms with E-state index in [9.17, 15) is 8.42 Å². The average molecular weight is 299 g/mol. The molecular formula is C14H25N3O2S. The maximum atomic E-state index is 12.8. The van der Waals surface area contributed by atoms with Gasteiger partial charge in [-0.3, -0.25) is 0 Å². The van der Waals surface area contributed by atoms with Crippen LogP contribution in [0.15, 0.2) is 17.2 Å². The first-order valence-electron chi connectivity index (χ1n) is 7.23. The van der Waals surface area contributed by atoms with Crippen LogP contribution in [-0.2, 0) is 23.6 Å². The third-order valence-corrected chi connectivity index (χ3v) is 5.70. The van der Waals surface area contributed by atoms with Crippen molar-refractivity contribution in [2.75, 3.05) is 6.54 Å². The fraction of sp³-hybridized carbons (Fsp3) is 0.714. The Bertz CT molecular complexity index is 559. The molecule has 0 bridgehead atoms. The molecule has 1 aliphatic carbocycles. The highest BCUT2D eigenvalue weighted by molar-refractivity contribution is 7.89. The van der Waals surface area contributed by atoms with Gasteiger partial charge in [-0.15, -0.1) is 0 Å². The molecule has 114 valence electrons. The van der Waals surface area contributed by atoms with Crippen LogP contribution < -0.4 is 5.73 Å². The Balaban J connectivity index is 2.25. The second-order valence-corrected chi connectivity index (χ2v) is 7.90. The van der Waals surface area contributed by atoms with Crippen LogP contribution in [0.2, 0.25) is 0 Å². The third kappa shape index (κ3) is 3.24. The van der Waals surface area contributed by atoms with Gasteiger partial charge in [0.15, 0.2) is 0 Å². The highest BCUT2D eigenvalue weighted by Gasteiger charge is 2.38. The van der Waals surface area contributed by atoms with E-state index >= 15 is 0 Å². The van der Waals surface area contributed by atoms with Gasteiger partial charge in [0.25, 0.3) is 0 Å². The first-order chi connectivity index (χ1) is 9.36. The summed E-state index contributed by atoms with van der Waals surface area (Å²) in [6.45, 7) is 5.19. The molecule has 0 spiro atoms. The Labute approximate surface area is 121 Å². The van der Waals surface area contributed by atoms with E-state index in [1.165, 1.54) is 0 Å². The SMILES string of the molecule is CC(C)CCN(C1CC1)S(=O)(=O)c1cc(CN)n(C)c1. The molecule has 0 amide bonds. The lowest BCUT2D eigenvalue weighted by Crippen LogP contribution is -2.34. The molecule has 20 heavy (non-hydrogen) atoms. The Morgan fingerprint density at radius 1 is 1.45 bits per heavy atom. The van der Waals surface area contributed by atoms with Gasteiger partial charge in [0, 0.05) is 38.1 Å². The predicted molar refractivity (Wildman–Crippen MR) is 79.7 cm³/mol. The van der Waals surface area contributed by atoms with Crippen molar-refractivity contribution in [2.45, 2.75) is 50.6 Å². The van der Waals surface area contributed by atoms with Gasteiger partial charge < -0.3 is 10.3 Å². The van der Waals surface area contributed by atoms with Crippen molar-refractivity contribution in [1.29, 1.82) is 0 Å². The molecule has 0 unspecified atom stereocenters. The van der Waals surface area contributed by atoms with Crippen LogP contribution in [0.3, 0.4) is 0 Å². The zero-order chi connectivity index (χ0) is 14.9. The molecule has 0 saturated heterocycles. The molecule has 2 rings (SSSR count). The highest BCUT2D eigenvalue weighted by atomic mass is 32.2. The number of nitrogens with zero attached hydrogens (tertiary/aromatic N) is 2. The molecule has 1 aliphatic rings. The lowest BCUT2D eigenvalue weighted by atomic mass is 10.1. The maximum absolute atomic E-state index is 12.8. The summed E-state index contributed by atoms with van der Waals surface area (Å²) in [6, 6.07) is 1.89. The van der Waals surface area contributed by atoms with E-state index in [-0.39, 0.29) is 6.04 Å². The van der Waals surface area contributed by atoms with Crippen LogP contribution in [0.5, 0.6) is 0 Å². The minimum atomic E-state index is -3.39. The molecule has 0 aromatic carbocycles. The first kappa shape index (κ1) is 15.5. The highest BCUT2D eigenvalue weighted by Crippen LogP contribution is 2.33. The summed E-state index contributed by atoms with van der Waals surface area (Å²) in [5.41, 5.74) is 6.46. The standard InChI is InChI=1S/C14H25N3O2S/c1-11(2)6-7-17(12-4-5-12)20(18,19)14-8-13(9-15)16(3)10-14/h8,10-12H,4-7,9,15H2,1-3H3. The lowest BCUT2D eigenvalue weighted by molar-refractivity contribution is 0.373. The van der Waals surface area contributed by atoms with Crippen molar-refractivity contribution in [3.05, 3.63) is 18.0 Å².